The van der Waals surface area contributed by atoms with E-state index in [1.54, 1.807) is 0 Å². The Morgan fingerprint density at radius 3 is 2.43 bits per heavy atom. The SMILES string of the molecule is CC(C)(C)N=C1N(Cc2ccccc2)CCNC12CCCCC2. The number of nitrogens with zero attached hydrogens (tertiary/aromatic N) is 2. The Hall–Kier alpha value is -1.35. The van der Waals surface area contributed by atoms with Gasteiger partial charge in [0.05, 0.1) is 11.1 Å². The van der Waals surface area contributed by atoms with E-state index < -0.39 is 0 Å². The van der Waals surface area contributed by atoms with Gasteiger partial charge in [-0.3, -0.25) is 4.99 Å². The van der Waals surface area contributed by atoms with Gasteiger partial charge in [0, 0.05) is 19.6 Å². The lowest BCUT2D eigenvalue weighted by atomic mass is 9.78. The van der Waals surface area contributed by atoms with Crippen LogP contribution in [0, 0.1) is 0 Å². The highest BCUT2D eigenvalue weighted by atomic mass is 15.3. The summed E-state index contributed by atoms with van der Waals surface area (Å²) < 4.78 is 0. The molecular formula is C20H31N3. The molecule has 0 bridgehead atoms. The van der Waals surface area contributed by atoms with E-state index in [4.69, 9.17) is 4.99 Å². The van der Waals surface area contributed by atoms with E-state index in [0.29, 0.717) is 0 Å². The summed E-state index contributed by atoms with van der Waals surface area (Å²) in [6.45, 7) is 9.73. The highest BCUT2D eigenvalue weighted by molar-refractivity contribution is 5.92. The molecule has 1 heterocycles. The molecule has 23 heavy (non-hydrogen) atoms. The molecule has 1 saturated heterocycles. The lowest BCUT2D eigenvalue weighted by Crippen LogP contribution is -2.65. The second-order valence-corrected chi connectivity index (χ2v) is 8.08. The summed E-state index contributed by atoms with van der Waals surface area (Å²) in [5, 5.41) is 3.85. The topological polar surface area (TPSA) is 27.6 Å². The molecule has 3 heteroatoms. The van der Waals surface area contributed by atoms with E-state index in [1.165, 1.54) is 43.5 Å². The molecule has 1 aromatic carbocycles. The first-order chi connectivity index (χ1) is 11.0. The zero-order valence-electron chi connectivity index (χ0n) is 14.9. The van der Waals surface area contributed by atoms with Crippen molar-refractivity contribution in [2.24, 2.45) is 4.99 Å². The summed E-state index contributed by atoms with van der Waals surface area (Å²) in [6.07, 6.45) is 6.45. The third kappa shape index (κ3) is 3.95. The van der Waals surface area contributed by atoms with E-state index in [0.717, 1.165) is 19.6 Å². The van der Waals surface area contributed by atoms with Crippen molar-refractivity contribution < 1.29 is 0 Å². The monoisotopic (exact) mass is 313 g/mol. The van der Waals surface area contributed by atoms with E-state index >= 15 is 0 Å². The molecule has 0 amide bonds. The zero-order valence-corrected chi connectivity index (χ0v) is 14.9. The molecule has 3 nitrogen and oxygen atoms in total. The maximum absolute atomic E-state index is 5.20. The van der Waals surface area contributed by atoms with Crippen LogP contribution in [0.15, 0.2) is 35.3 Å². The van der Waals surface area contributed by atoms with Crippen molar-refractivity contribution in [3.05, 3.63) is 35.9 Å². The number of nitrogens with one attached hydrogen (secondary N) is 1. The predicted molar refractivity (Wildman–Crippen MR) is 97.9 cm³/mol. The maximum Gasteiger partial charge on any atom is 0.120 e. The number of hydrogen-bond donors (Lipinski definition) is 1. The minimum atomic E-state index is -0.0340. The molecule has 0 radical (unpaired) electrons. The fourth-order valence-electron chi connectivity index (χ4n) is 3.93. The van der Waals surface area contributed by atoms with Crippen LogP contribution < -0.4 is 5.32 Å². The Balaban J connectivity index is 1.91. The summed E-state index contributed by atoms with van der Waals surface area (Å²) in [5.74, 6) is 1.31. The van der Waals surface area contributed by atoms with E-state index in [-0.39, 0.29) is 11.1 Å². The van der Waals surface area contributed by atoms with Gasteiger partial charge < -0.3 is 10.2 Å². The summed E-state index contributed by atoms with van der Waals surface area (Å²) in [5.41, 5.74) is 1.45. The molecular weight excluding hydrogens is 282 g/mol. The van der Waals surface area contributed by atoms with Crippen LogP contribution in [-0.2, 0) is 6.54 Å². The average molecular weight is 313 g/mol. The summed E-state index contributed by atoms with van der Waals surface area (Å²) in [7, 11) is 0. The van der Waals surface area contributed by atoms with E-state index in [9.17, 15) is 0 Å². The lowest BCUT2D eigenvalue weighted by Gasteiger charge is -2.48. The maximum atomic E-state index is 5.20. The fourth-order valence-corrected chi connectivity index (χ4v) is 3.93. The Morgan fingerprint density at radius 1 is 1.09 bits per heavy atom. The number of benzene rings is 1. The van der Waals surface area contributed by atoms with E-state index in [2.05, 4.69) is 61.3 Å². The first-order valence-electron chi connectivity index (χ1n) is 9.13. The number of rotatable bonds is 2. The van der Waals surface area contributed by atoms with Crippen LogP contribution in [0.3, 0.4) is 0 Å². The Morgan fingerprint density at radius 2 is 1.78 bits per heavy atom. The molecule has 0 unspecified atom stereocenters. The smallest absolute Gasteiger partial charge is 0.120 e. The predicted octanol–water partition coefficient (Wildman–Crippen LogP) is 3.99. The number of aliphatic imine (C=N–C) groups is 1. The first-order valence-corrected chi connectivity index (χ1v) is 9.13. The van der Waals surface area contributed by atoms with Gasteiger partial charge in [0.15, 0.2) is 0 Å². The summed E-state index contributed by atoms with van der Waals surface area (Å²) >= 11 is 0. The molecule has 2 fully saturated rings. The molecule has 1 aliphatic carbocycles. The van der Waals surface area contributed by atoms with Crippen LogP contribution in [-0.4, -0.2) is 34.9 Å². The highest BCUT2D eigenvalue weighted by Gasteiger charge is 2.42. The van der Waals surface area contributed by atoms with Crippen molar-refractivity contribution in [2.45, 2.75) is 70.5 Å². The van der Waals surface area contributed by atoms with E-state index in [1.807, 2.05) is 0 Å². The van der Waals surface area contributed by atoms with Crippen LogP contribution in [0.25, 0.3) is 0 Å². The molecule has 3 rings (SSSR count). The Bertz CT molecular complexity index is 530. The van der Waals surface area contributed by atoms with Crippen molar-refractivity contribution in [3.63, 3.8) is 0 Å². The van der Waals surface area contributed by atoms with Crippen LogP contribution in [0.4, 0.5) is 0 Å². The van der Waals surface area contributed by atoms with Crippen LogP contribution >= 0.6 is 0 Å². The minimum absolute atomic E-state index is 0.0340. The van der Waals surface area contributed by atoms with Gasteiger partial charge in [0.2, 0.25) is 0 Å². The minimum Gasteiger partial charge on any atom is -0.353 e. The van der Waals surface area contributed by atoms with Crippen LogP contribution in [0.5, 0.6) is 0 Å². The van der Waals surface area contributed by atoms with Gasteiger partial charge in [-0.1, -0.05) is 49.6 Å². The van der Waals surface area contributed by atoms with Gasteiger partial charge in [-0.05, 0) is 39.2 Å². The van der Waals surface area contributed by atoms with Crippen molar-refractivity contribution in [1.29, 1.82) is 0 Å². The molecule has 1 spiro atoms. The fraction of sp³-hybridized carbons (Fsp3) is 0.650. The van der Waals surface area contributed by atoms with Gasteiger partial charge in [-0.15, -0.1) is 0 Å². The molecule has 126 valence electrons. The third-order valence-electron chi connectivity index (χ3n) is 4.94. The highest BCUT2D eigenvalue weighted by Crippen LogP contribution is 2.34. The molecule has 2 aliphatic rings. The second kappa shape index (κ2) is 6.64. The molecule has 1 N–H and O–H groups in total. The van der Waals surface area contributed by atoms with Gasteiger partial charge >= 0.3 is 0 Å². The Kier molecular flexibility index (Phi) is 4.77. The second-order valence-electron chi connectivity index (χ2n) is 8.08. The number of hydrogen-bond acceptors (Lipinski definition) is 2. The normalized spacial score (nSPS) is 23.4. The van der Waals surface area contributed by atoms with Crippen LogP contribution in [0.1, 0.15) is 58.4 Å². The molecule has 1 aromatic rings. The third-order valence-corrected chi connectivity index (χ3v) is 4.94. The van der Waals surface area contributed by atoms with Gasteiger partial charge in [-0.2, -0.15) is 0 Å². The van der Waals surface area contributed by atoms with Gasteiger partial charge in [0.1, 0.15) is 5.84 Å². The van der Waals surface area contributed by atoms with Gasteiger partial charge in [-0.25, -0.2) is 0 Å². The quantitative estimate of drug-likeness (QED) is 0.894. The zero-order chi connectivity index (χ0) is 16.3. The van der Waals surface area contributed by atoms with Gasteiger partial charge in [0.25, 0.3) is 0 Å². The van der Waals surface area contributed by atoms with Crippen molar-refractivity contribution in [1.82, 2.24) is 10.2 Å². The molecule has 0 atom stereocenters. The summed E-state index contributed by atoms with van der Waals surface area (Å²) in [6, 6.07) is 10.8. The standard InChI is InChI=1S/C20H31N3/c1-19(2,3)22-18-20(12-8-5-9-13-20)21-14-15-23(18)16-17-10-6-4-7-11-17/h4,6-7,10-11,21H,5,8-9,12-16H2,1-3H3. The summed E-state index contributed by atoms with van der Waals surface area (Å²) in [4.78, 5) is 7.73. The van der Waals surface area contributed by atoms with Crippen molar-refractivity contribution in [2.75, 3.05) is 13.1 Å². The van der Waals surface area contributed by atoms with Crippen LogP contribution in [0.2, 0.25) is 0 Å². The number of piperazine rings is 1. The van der Waals surface area contributed by atoms with Crippen molar-refractivity contribution >= 4 is 5.84 Å². The molecule has 1 saturated carbocycles. The number of amidine groups is 1. The molecule has 0 aromatic heterocycles. The lowest BCUT2D eigenvalue weighted by molar-refractivity contribution is 0.225. The van der Waals surface area contributed by atoms with Crippen molar-refractivity contribution in [3.8, 4) is 0 Å². The Labute approximate surface area is 141 Å². The molecule has 1 aliphatic heterocycles. The first kappa shape index (κ1) is 16.5. The largest absolute Gasteiger partial charge is 0.353 e. The average Bonchev–Trinajstić information content (AvgIpc) is 2.52.